The summed E-state index contributed by atoms with van der Waals surface area (Å²) in [4.78, 5) is 0. The van der Waals surface area contributed by atoms with Gasteiger partial charge in [-0.15, -0.1) is 0 Å². The SMILES string of the molecule is CCCCCCCCCCCCCCCCC(CC(C)O)S(=O)(=O)[O-].[K+]. The van der Waals surface area contributed by atoms with E-state index in [0.29, 0.717) is 6.42 Å². The number of aliphatic hydroxyl groups is 1. The van der Waals surface area contributed by atoms with Gasteiger partial charge in [0.2, 0.25) is 0 Å². The molecule has 0 rings (SSSR count). The fourth-order valence-corrected chi connectivity index (χ4v) is 4.30. The molecule has 2 unspecified atom stereocenters. The average Bonchev–Trinajstić information content (AvgIpc) is 2.52. The molecule has 6 heteroatoms. The van der Waals surface area contributed by atoms with Gasteiger partial charge in [-0.05, 0) is 19.8 Å². The minimum Gasteiger partial charge on any atom is -0.748 e. The molecule has 0 saturated heterocycles. The van der Waals surface area contributed by atoms with Gasteiger partial charge < -0.3 is 9.66 Å². The maximum Gasteiger partial charge on any atom is 1.00 e. The van der Waals surface area contributed by atoms with Crippen LogP contribution in [0, 0.1) is 0 Å². The fourth-order valence-electron chi connectivity index (χ4n) is 3.33. The summed E-state index contributed by atoms with van der Waals surface area (Å²) >= 11 is 0. The molecule has 0 fully saturated rings. The Hall–Kier alpha value is 1.51. The smallest absolute Gasteiger partial charge is 0.748 e. The van der Waals surface area contributed by atoms with E-state index in [2.05, 4.69) is 6.92 Å². The number of aliphatic hydroxyl groups excluding tert-OH is 1. The molecule has 0 radical (unpaired) electrons. The van der Waals surface area contributed by atoms with Crippen molar-refractivity contribution in [2.75, 3.05) is 0 Å². The Labute approximate surface area is 205 Å². The molecule has 0 aromatic heterocycles. The summed E-state index contributed by atoms with van der Waals surface area (Å²) in [6.07, 6.45) is 17.2. The van der Waals surface area contributed by atoms with Gasteiger partial charge in [0, 0.05) is 0 Å². The third-order valence-electron chi connectivity index (χ3n) is 4.89. The van der Waals surface area contributed by atoms with Gasteiger partial charge in [0.1, 0.15) is 0 Å². The topological polar surface area (TPSA) is 77.4 Å². The summed E-state index contributed by atoms with van der Waals surface area (Å²) in [5.41, 5.74) is 0. The molecule has 0 aliphatic rings. The van der Waals surface area contributed by atoms with Gasteiger partial charge in [-0.1, -0.05) is 96.8 Å². The van der Waals surface area contributed by atoms with E-state index >= 15 is 0 Å². The second kappa shape index (κ2) is 19.8. The molecule has 0 aromatic rings. The van der Waals surface area contributed by atoms with E-state index in [0.717, 1.165) is 19.3 Å². The van der Waals surface area contributed by atoms with Crippen LogP contribution >= 0.6 is 0 Å². The van der Waals surface area contributed by atoms with Crippen molar-refractivity contribution in [3.05, 3.63) is 0 Å². The second-order valence-corrected chi connectivity index (χ2v) is 9.24. The third kappa shape index (κ3) is 20.2. The van der Waals surface area contributed by atoms with Crippen molar-refractivity contribution in [2.24, 2.45) is 0 Å². The molecular weight excluding hydrogens is 375 g/mol. The Morgan fingerprint density at radius 3 is 1.42 bits per heavy atom. The van der Waals surface area contributed by atoms with Crippen LogP contribution in [-0.4, -0.2) is 29.4 Å². The van der Waals surface area contributed by atoms with Crippen LogP contribution in [0.1, 0.15) is 117 Å². The summed E-state index contributed by atoms with van der Waals surface area (Å²) in [5, 5.41) is 8.37. The molecule has 0 bridgehead atoms. The van der Waals surface area contributed by atoms with Crippen LogP contribution in [0.2, 0.25) is 0 Å². The quantitative estimate of drug-likeness (QED) is 0.212. The number of unbranched alkanes of at least 4 members (excludes halogenated alkanes) is 13. The predicted octanol–water partition coefficient (Wildman–Crippen LogP) is 2.55. The van der Waals surface area contributed by atoms with E-state index in [1.807, 2.05) is 0 Å². The summed E-state index contributed by atoms with van der Waals surface area (Å²) in [5.74, 6) is 0. The first-order valence-electron chi connectivity index (χ1n) is 10.5. The Morgan fingerprint density at radius 1 is 0.769 bits per heavy atom. The molecule has 4 nitrogen and oxygen atoms in total. The van der Waals surface area contributed by atoms with Crippen molar-refractivity contribution in [2.45, 2.75) is 128 Å². The zero-order valence-electron chi connectivity index (χ0n) is 17.5. The van der Waals surface area contributed by atoms with E-state index < -0.39 is 21.5 Å². The molecule has 0 aromatic carbocycles. The Kier molecular flexibility index (Phi) is 22.6. The summed E-state index contributed by atoms with van der Waals surface area (Å²) in [7, 11) is -4.29. The third-order valence-corrected chi connectivity index (χ3v) is 6.14. The standard InChI is InChI=1S/C20H42O4S.K/c1-3-4-5-6-7-8-9-10-11-12-13-14-15-16-17-20(18-19(2)21)25(22,23)24;/h19-21H,3-18H2,1-2H3,(H,22,23,24);/q;+1/p-1. The largest absolute Gasteiger partial charge is 1.00 e. The van der Waals surface area contributed by atoms with Gasteiger partial charge in [0.25, 0.3) is 0 Å². The van der Waals surface area contributed by atoms with Gasteiger partial charge in [0.05, 0.1) is 21.5 Å². The first-order chi connectivity index (χ1) is 11.9. The zero-order chi connectivity index (χ0) is 19.0. The van der Waals surface area contributed by atoms with E-state index in [-0.39, 0.29) is 57.8 Å². The van der Waals surface area contributed by atoms with Gasteiger partial charge >= 0.3 is 51.4 Å². The molecule has 2 atom stereocenters. The molecule has 0 saturated carbocycles. The van der Waals surface area contributed by atoms with Crippen LogP contribution in [-0.2, 0) is 10.1 Å². The normalized spacial score (nSPS) is 14.0. The van der Waals surface area contributed by atoms with Crippen molar-refractivity contribution in [3.63, 3.8) is 0 Å². The molecule has 152 valence electrons. The Bertz CT molecular complexity index is 385. The van der Waals surface area contributed by atoms with Gasteiger partial charge in [-0.2, -0.15) is 0 Å². The van der Waals surface area contributed by atoms with Crippen LogP contribution in [0.25, 0.3) is 0 Å². The minimum absolute atomic E-state index is 0. The maximum atomic E-state index is 11.2. The molecule has 0 heterocycles. The molecule has 0 aliphatic heterocycles. The fraction of sp³-hybridized carbons (Fsp3) is 1.00. The van der Waals surface area contributed by atoms with E-state index in [9.17, 15) is 18.1 Å². The van der Waals surface area contributed by atoms with E-state index in [1.165, 1.54) is 77.6 Å². The summed E-state index contributed by atoms with van der Waals surface area (Å²) < 4.78 is 33.5. The van der Waals surface area contributed by atoms with E-state index in [4.69, 9.17) is 0 Å². The van der Waals surface area contributed by atoms with Gasteiger partial charge in [0.15, 0.2) is 0 Å². The van der Waals surface area contributed by atoms with Crippen molar-refractivity contribution in [3.8, 4) is 0 Å². The molecular formula is C20H41KO4S. The molecule has 0 amide bonds. The number of hydrogen-bond acceptors (Lipinski definition) is 4. The number of hydrogen-bond donors (Lipinski definition) is 1. The van der Waals surface area contributed by atoms with Crippen LogP contribution in [0.15, 0.2) is 0 Å². The van der Waals surface area contributed by atoms with Crippen molar-refractivity contribution in [1.82, 2.24) is 0 Å². The van der Waals surface area contributed by atoms with Crippen LogP contribution < -0.4 is 51.4 Å². The van der Waals surface area contributed by atoms with Crippen LogP contribution in [0.4, 0.5) is 0 Å². The number of rotatable bonds is 18. The van der Waals surface area contributed by atoms with Crippen LogP contribution in [0.5, 0.6) is 0 Å². The first-order valence-corrected chi connectivity index (χ1v) is 12.0. The van der Waals surface area contributed by atoms with Crippen molar-refractivity contribution >= 4 is 10.1 Å². The second-order valence-electron chi connectivity index (χ2n) is 7.58. The van der Waals surface area contributed by atoms with Crippen molar-refractivity contribution < 1.29 is 69.5 Å². The van der Waals surface area contributed by atoms with Gasteiger partial charge in [-0.25, -0.2) is 8.42 Å². The maximum absolute atomic E-state index is 11.2. The molecule has 0 spiro atoms. The van der Waals surface area contributed by atoms with Crippen LogP contribution in [0.3, 0.4) is 0 Å². The average molecular weight is 417 g/mol. The first kappa shape index (κ1) is 29.7. The van der Waals surface area contributed by atoms with E-state index in [1.54, 1.807) is 0 Å². The summed E-state index contributed by atoms with van der Waals surface area (Å²) in [6.45, 7) is 3.78. The Morgan fingerprint density at radius 2 is 1.12 bits per heavy atom. The molecule has 0 aliphatic carbocycles. The zero-order valence-corrected chi connectivity index (χ0v) is 21.5. The predicted molar refractivity (Wildman–Crippen MR) is 105 cm³/mol. The summed E-state index contributed by atoms with van der Waals surface area (Å²) in [6, 6.07) is 0. The minimum atomic E-state index is -4.29. The monoisotopic (exact) mass is 416 g/mol. The molecule has 1 N–H and O–H groups in total. The van der Waals surface area contributed by atoms with Gasteiger partial charge in [-0.3, -0.25) is 0 Å². The molecule has 26 heavy (non-hydrogen) atoms. The van der Waals surface area contributed by atoms with Crippen molar-refractivity contribution in [1.29, 1.82) is 0 Å². The Balaban J connectivity index is 0.